The molecule has 0 bridgehead atoms. The average molecular weight is 511 g/mol. The van der Waals surface area contributed by atoms with Gasteiger partial charge in [-0.15, -0.1) is 0 Å². The molecule has 4 atom stereocenters. The normalized spacial score (nSPS) is 27.6. The summed E-state index contributed by atoms with van der Waals surface area (Å²) >= 11 is 0. The van der Waals surface area contributed by atoms with Gasteiger partial charge in [0.05, 0.1) is 0 Å². The molecule has 2 aromatic heterocycles. The van der Waals surface area contributed by atoms with Crippen LogP contribution in [-0.4, -0.2) is 0 Å². The molecule has 0 amide bonds. The van der Waals surface area contributed by atoms with Gasteiger partial charge < -0.3 is 8.83 Å². The average Bonchev–Trinajstić information content (AvgIpc) is 3.55. The Bertz CT molecular complexity index is 1750. The van der Waals surface area contributed by atoms with Crippen LogP contribution < -0.4 is 0 Å². The summed E-state index contributed by atoms with van der Waals surface area (Å²) in [6.07, 6.45) is 27.7. The van der Waals surface area contributed by atoms with Crippen LogP contribution in [0.3, 0.4) is 0 Å². The fourth-order valence-corrected chi connectivity index (χ4v) is 7.69. The van der Waals surface area contributed by atoms with Crippen molar-refractivity contribution in [3.8, 4) is 0 Å². The molecule has 0 spiro atoms. The maximum Gasteiger partial charge on any atom is 0.134 e. The van der Waals surface area contributed by atoms with Crippen molar-refractivity contribution in [1.29, 1.82) is 0 Å². The molecule has 0 saturated carbocycles. The van der Waals surface area contributed by atoms with Crippen LogP contribution >= 0.6 is 0 Å². The number of benzene rings is 2. The van der Waals surface area contributed by atoms with Crippen LogP contribution in [0.1, 0.15) is 60.3 Å². The summed E-state index contributed by atoms with van der Waals surface area (Å²) in [5.74, 6) is 3.61. The van der Waals surface area contributed by atoms with Gasteiger partial charge in [-0.05, 0) is 66.9 Å². The zero-order valence-electron chi connectivity index (χ0n) is 22.5. The summed E-state index contributed by atoms with van der Waals surface area (Å²) in [7, 11) is 0. The first-order chi connectivity index (χ1) is 19.2. The van der Waals surface area contributed by atoms with Gasteiger partial charge in [0.15, 0.2) is 0 Å². The third-order valence-corrected chi connectivity index (χ3v) is 9.84. The minimum absolute atomic E-state index is 0.0165. The van der Waals surface area contributed by atoms with Crippen LogP contribution in [0.2, 0.25) is 0 Å². The molecule has 2 heterocycles. The molecular weight excluding hydrogens is 476 g/mol. The predicted octanol–water partition coefficient (Wildman–Crippen LogP) is 9.66. The zero-order chi connectivity index (χ0) is 26.0. The number of hydrogen-bond acceptors (Lipinski definition) is 2. The van der Waals surface area contributed by atoms with Crippen LogP contribution in [0.4, 0.5) is 0 Å². The Kier molecular flexibility index (Phi) is 5.27. The fourth-order valence-electron chi connectivity index (χ4n) is 7.69. The quantitative estimate of drug-likeness (QED) is 0.274. The van der Waals surface area contributed by atoms with E-state index in [1.807, 2.05) is 0 Å². The second-order valence-electron chi connectivity index (χ2n) is 12.1. The number of furan rings is 2. The third kappa shape index (κ3) is 3.68. The second-order valence-corrected chi connectivity index (χ2v) is 12.1. The first kappa shape index (κ1) is 23.1. The van der Waals surface area contributed by atoms with Crippen molar-refractivity contribution in [2.45, 2.75) is 51.4 Å². The topological polar surface area (TPSA) is 26.3 Å². The lowest BCUT2D eigenvalue weighted by molar-refractivity contribution is 0.267. The van der Waals surface area contributed by atoms with E-state index in [4.69, 9.17) is 8.83 Å². The summed E-state index contributed by atoms with van der Waals surface area (Å²) in [5, 5.41) is 2.55. The van der Waals surface area contributed by atoms with E-state index in [0.29, 0.717) is 17.8 Å². The summed E-state index contributed by atoms with van der Waals surface area (Å²) in [4.78, 5) is 0. The Morgan fingerprint density at radius 2 is 1.74 bits per heavy atom. The second kappa shape index (κ2) is 8.88. The molecule has 4 aromatic rings. The summed E-state index contributed by atoms with van der Waals surface area (Å²) in [6, 6.07) is 15.5. The van der Waals surface area contributed by atoms with E-state index in [1.165, 1.54) is 38.8 Å². The molecule has 2 aromatic carbocycles. The van der Waals surface area contributed by atoms with Crippen LogP contribution in [0, 0.1) is 17.3 Å². The van der Waals surface area contributed by atoms with Crippen LogP contribution in [-0.2, 0) is 19.3 Å². The van der Waals surface area contributed by atoms with Crippen molar-refractivity contribution >= 4 is 28.0 Å². The minimum atomic E-state index is -0.0165. The van der Waals surface area contributed by atoms with Crippen molar-refractivity contribution in [2.75, 3.05) is 0 Å². The van der Waals surface area contributed by atoms with Crippen LogP contribution in [0.25, 0.3) is 28.0 Å². The Balaban J connectivity index is 1.19. The number of para-hydroxylation sites is 1. The molecule has 8 rings (SSSR count). The molecule has 39 heavy (non-hydrogen) atoms. The van der Waals surface area contributed by atoms with Crippen LogP contribution in [0.5, 0.6) is 0 Å². The molecule has 2 heteroatoms. The largest absolute Gasteiger partial charge is 0.461 e. The standard InChI is InChI=1S/C37H34O2/c1-37(27-9-3-2-4-10-27)23-26(24-16-19-35-30(21-24)28-11-5-7-13-33(28)38-35)15-18-32(37)25-17-20-36-31(22-25)29-12-6-8-14-34(29)39-36/h2-7,9,11-13,15,17-18,20,22-24,27,32H,8,10,14,16,19,21H2,1H3. The van der Waals surface area contributed by atoms with E-state index >= 15 is 0 Å². The van der Waals surface area contributed by atoms with Gasteiger partial charge in [0.2, 0.25) is 0 Å². The molecule has 4 aliphatic carbocycles. The molecule has 0 fully saturated rings. The predicted molar refractivity (Wildman–Crippen MR) is 160 cm³/mol. The molecule has 4 unspecified atom stereocenters. The maximum absolute atomic E-state index is 6.24. The van der Waals surface area contributed by atoms with E-state index < -0.39 is 0 Å². The molecule has 0 N–H and O–H groups in total. The monoisotopic (exact) mass is 510 g/mol. The molecule has 0 radical (unpaired) electrons. The van der Waals surface area contributed by atoms with E-state index in [1.54, 1.807) is 0 Å². The molecule has 4 aliphatic rings. The van der Waals surface area contributed by atoms with Crippen molar-refractivity contribution in [1.82, 2.24) is 0 Å². The van der Waals surface area contributed by atoms with Crippen LogP contribution in [0.15, 0.2) is 105 Å². The first-order valence-electron chi connectivity index (χ1n) is 14.6. The first-order valence-corrected chi connectivity index (χ1v) is 14.6. The number of fused-ring (bicyclic) bond motifs is 6. The van der Waals surface area contributed by atoms with Gasteiger partial charge in [-0.1, -0.05) is 85.9 Å². The molecule has 194 valence electrons. The summed E-state index contributed by atoms with van der Waals surface area (Å²) in [6.45, 7) is 2.49. The highest BCUT2D eigenvalue weighted by molar-refractivity contribution is 5.90. The van der Waals surface area contributed by atoms with E-state index in [2.05, 4.69) is 104 Å². The van der Waals surface area contributed by atoms with Gasteiger partial charge in [-0.2, -0.15) is 0 Å². The van der Waals surface area contributed by atoms with Crippen molar-refractivity contribution in [2.24, 2.45) is 17.3 Å². The Morgan fingerprint density at radius 1 is 0.846 bits per heavy atom. The Hall–Kier alpha value is -3.78. The number of aryl methyl sites for hydroxylation is 2. The highest BCUT2D eigenvalue weighted by Gasteiger charge is 2.41. The van der Waals surface area contributed by atoms with E-state index in [9.17, 15) is 0 Å². The smallest absolute Gasteiger partial charge is 0.134 e. The van der Waals surface area contributed by atoms with Gasteiger partial charge in [-0.3, -0.25) is 0 Å². The number of hydrogen-bond donors (Lipinski definition) is 0. The van der Waals surface area contributed by atoms with E-state index in [-0.39, 0.29) is 5.41 Å². The molecule has 0 aliphatic heterocycles. The molecule has 2 nitrogen and oxygen atoms in total. The number of rotatable bonds is 3. The highest BCUT2D eigenvalue weighted by atomic mass is 16.3. The van der Waals surface area contributed by atoms with Crippen molar-refractivity contribution < 1.29 is 8.83 Å². The third-order valence-electron chi connectivity index (χ3n) is 9.84. The zero-order valence-corrected chi connectivity index (χ0v) is 22.5. The maximum atomic E-state index is 6.24. The van der Waals surface area contributed by atoms with Gasteiger partial charge in [0.1, 0.15) is 22.7 Å². The number of allylic oxidation sites excluding steroid dienone is 9. The summed E-state index contributed by atoms with van der Waals surface area (Å²) in [5.41, 5.74) is 7.61. The van der Waals surface area contributed by atoms with Gasteiger partial charge >= 0.3 is 0 Å². The van der Waals surface area contributed by atoms with Gasteiger partial charge in [0, 0.05) is 46.1 Å². The fraction of sp³-hybridized carbons (Fsp3) is 0.297. The van der Waals surface area contributed by atoms with E-state index in [0.717, 1.165) is 55.5 Å². The Labute approximate surface area is 230 Å². The highest BCUT2D eigenvalue weighted by Crippen LogP contribution is 2.52. The SMILES string of the molecule is CC1(C2C=CC=CC2)C=C(C2CCc3oc4ccccc4c3C2)C=CC1c1ccc2oc3c(c2c1)C=CCC3. The van der Waals surface area contributed by atoms with Crippen molar-refractivity contribution in [3.63, 3.8) is 0 Å². The lowest BCUT2D eigenvalue weighted by Gasteiger charge is -2.43. The lowest BCUT2D eigenvalue weighted by Crippen LogP contribution is -2.34. The summed E-state index contributed by atoms with van der Waals surface area (Å²) < 4.78 is 12.5. The Morgan fingerprint density at radius 3 is 2.67 bits per heavy atom. The van der Waals surface area contributed by atoms with Crippen molar-refractivity contribution in [3.05, 3.63) is 125 Å². The van der Waals surface area contributed by atoms with Gasteiger partial charge in [-0.25, -0.2) is 0 Å². The minimum Gasteiger partial charge on any atom is -0.461 e. The molecule has 0 saturated heterocycles. The van der Waals surface area contributed by atoms with Gasteiger partial charge in [0.25, 0.3) is 0 Å². The lowest BCUT2D eigenvalue weighted by atomic mass is 9.60. The molecular formula is C37H34O2.